The van der Waals surface area contributed by atoms with Gasteiger partial charge in [0.25, 0.3) is 11.8 Å². The Morgan fingerprint density at radius 1 is 1.19 bits per heavy atom. The molecule has 4 rings (SSSR count). The molecule has 26 heavy (non-hydrogen) atoms. The number of amides is 2. The van der Waals surface area contributed by atoms with Crippen molar-refractivity contribution in [3.8, 4) is 0 Å². The number of hydrogen-bond donors (Lipinski definition) is 1. The molecule has 6 nitrogen and oxygen atoms in total. The lowest BCUT2D eigenvalue weighted by Gasteiger charge is -2.33. The second-order valence-corrected chi connectivity index (χ2v) is 7.28. The first-order chi connectivity index (χ1) is 12.6. The van der Waals surface area contributed by atoms with Crippen LogP contribution in [0.5, 0.6) is 0 Å². The van der Waals surface area contributed by atoms with Gasteiger partial charge in [-0.15, -0.1) is 0 Å². The number of carbonyl (C=O) groups is 2. The number of piperidine rings is 1. The van der Waals surface area contributed by atoms with Crippen LogP contribution in [0.15, 0.2) is 42.6 Å². The van der Waals surface area contributed by atoms with Crippen LogP contribution < -0.4 is 5.32 Å². The molecule has 2 amide bonds. The molecule has 0 unspecified atom stereocenters. The van der Waals surface area contributed by atoms with Gasteiger partial charge in [0.1, 0.15) is 5.69 Å². The predicted octanol–water partition coefficient (Wildman–Crippen LogP) is 2.33. The van der Waals surface area contributed by atoms with Gasteiger partial charge in [-0.05, 0) is 49.8 Å². The first kappa shape index (κ1) is 16.8. The van der Waals surface area contributed by atoms with Crippen LogP contribution in [-0.2, 0) is 6.54 Å². The van der Waals surface area contributed by atoms with Gasteiger partial charge in [-0.3, -0.25) is 14.3 Å². The van der Waals surface area contributed by atoms with Crippen LogP contribution in [0.1, 0.15) is 47.0 Å². The largest absolute Gasteiger partial charge is 0.349 e. The van der Waals surface area contributed by atoms with Crippen LogP contribution in [0.2, 0.25) is 0 Å². The molecule has 1 aromatic heterocycles. The zero-order chi connectivity index (χ0) is 18.1. The maximum atomic E-state index is 12.7. The van der Waals surface area contributed by atoms with Crippen molar-refractivity contribution in [2.45, 2.75) is 38.8 Å². The fraction of sp³-hybridized carbons (Fsp3) is 0.450. The average Bonchev–Trinajstić information content (AvgIpc) is 3.12. The standard InChI is InChI=1S/C20H24N4O2/c1-2-24-16(8-11-21-24)19(26)23-12-9-20(10-13-23)14-17(20)22-18(25)15-6-4-3-5-7-15/h3-8,11,17H,2,9-10,12-14H2,1H3,(H,22,25)/t17-/m0/s1. The number of nitrogens with zero attached hydrogens (tertiary/aromatic N) is 3. The molecule has 1 saturated carbocycles. The van der Waals surface area contributed by atoms with Gasteiger partial charge in [-0.2, -0.15) is 5.10 Å². The van der Waals surface area contributed by atoms with Gasteiger partial charge >= 0.3 is 0 Å². The molecular formula is C20H24N4O2. The smallest absolute Gasteiger partial charge is 0.272 e. The molecule has 0 radical (unpaired) electrons. The van der Waals surface area contributed by atoms with E-state index in [9.17, 15) is 9.59 Å². The number of likely N-dealkylation sites (tertiary alicyclic amines) is 1. The van der Waals surface area contributed by atoms with Gasteiger partial charge in [0, 0.05) is 37.4 Å². The minimum absolute atomic E-state index is 0.00201. The first-order valence-corrected chi connectivity index (χ1v) is 9.30. The summed E-state index contributed by atoms with van der Waals surface area (Å²) in [7, 11) is 0. The summed E-state index contributed by atoms with van der Waals surface area (Å²) < 4.78 is 1.74. The second kappa shape index (κ2) is 6.59. The highest BCUT2D eigenvalue weighted by atomic mass is 16.2. The number of nitrogens with one attached hydrogen (secondary N) is 1. The molecule has 2 aliphatic rings. The van der Waals surface area contributed by atoms with E-state index in [1.165, 1.54) is 0 Å². The molecule has 6 heteroatoms. The zero-order valence-corrected chi connectivity index (χ0v) is 15.0. The molecule has 1 saturated heterocycles. The number of rotatable bonds is 4. The van der Waals surface area contributed by atoms with Gasteiger partial charge in [0.2, 0.25) is 0 Å². The summed E-state index contributed by atoms with van der Waals surface area (Å²) in [5, 5.41) is 7.35. The Bertz CT molecular complexity index is 806. The normalized spacial score (nSPS) is 20.8. The van der Waals surface area contributed by atoms with Gasteiger partial charge in [0.15, 0.2) is 0 Å². The van der Waals surface area contributed by atoms with E-state index in [2.05, 4.69) is 10.4 Å². The van der Waals surface area contributed by atoms with E-state index in [0.717, 1.165) is 32.4 Å². The molecule has 1 aromatic carbocycles. The maximum absolute atomic E-state index is 12.7. The van der Waals surface area contributed by atoms with E-state index in [1.54, 1.807) is 16.9 Å². The Labute approximate surface area is 153 Å². The van der Waals surface area contributed by atoms with Gasteiger partial charge in [-0.25, -0.2) is 0 Å². The monoisotopic (exact) mass is 352 g/mol. The first-order valence-electron chi connectivity index (χ1n) is 9.30. The van der Waals surface area contributed by atoms with Crippen LogP contribution in [0.4, 0.5) is 0 Å². The highest BCUT2D eigenvalue weighted by Crippen LogP contribution is 2.54. The number of aromatic nitrogens is 2. The van der Waals surface area contributed by atoms with Crippen molar-refractivity contribution in [2.24, 2.45) is 5.41 Å². The van der Waals surface area contributed by atoms with Crippen molar-refractivity contribution in [3.05, 3.63) is 53.9 Å². The molecule has 1 spiro atoms. The number of benzene rings is 1. The lowest BCUT2D eigenvalue weighted by Crippen LogP contribution is -2.42. The molecule has 1 aliphatic heterocycles. The molecule has 1 aliphatic carbocycles. The summed E-state index contributed by atoms with van der Waals surface area (Å²) in [5.41, 5.74) is 1.54. The highest BCUT2D eigenvalue weighted by molar-refractivity contribution is 5.94. The Kier molecular flexibility index (Phi) is 4.26. The van der Waals surface area contributed by atoms with Gasteiger partial charge in [-0.1, -0.05) is 18.2 Å². The number of carbonyl (C=O) groups excluding carboxylic acids is 2. The van der Waals surface area contributed by atoms with E-state index >= 15 is 0 Å². The molecule has 136 valence electrons. The lowest BCUT2D eigenvalue weighted by atomic mass is 9.92. The predicted molar refractivity (Wildman–Crippen MR) is 97.8 cm³/mol. The van der Waals surface area contributed by atoms with E-state index in [-0.39, 0.29) is 23.3 Å². The van der Waals surface area contributed by atoms with E-state index < -0.39 is 0 Å². The summed E-state index contributed by atoms with van der Waals surface area (Å²) >= 11 is 0. The maximum Gasteiger partial charge on any atom is 0.272 e. The van der Waals surface area contributed by atoms with E-state index in [0.29, 0.717) is 17.8 Å². The Hall–Kier alpha value is -2.63. The van der Waals surface area contributed by atoms with Crippen molar-refractivity contribution in [1.29, 1.82) is 0 Å². The van der Waals surface area contributed by atoms with Crippen LogP contribution >= 0.6 is 0 Å². The third-order valence-corrected chi connectivity index (χ3v) is 5.81. The third-order valence-electron chi connectivity index (χ3n) is 5.81. The number of aryl methyl sites for hydroxylation is 1. The van der Waals surface area contributed by atoms with Gasteiger partial charge in [0.05, 0.1) is 0 Å². The minimum Gasteiger partial charge on any atom is -0.349 e. The van der Waals surface area contributed by atoms with Gasteiger partial charge < -0.3 is 10.2 Å². The fourth-order valence-electron chi connectivity index (χ4n) is 4.02. The van der Waals surface area contributed by atoms with Crippen molar-refractivity contribution < 1.29 is 9.59 Å². The topological polar surface area (TPSA) is 67.2 Å². The highest BCUT2D eigenvalue weighted by Gasteiger charge is 2.56. The summed E-state index contributed by atoms with van der Waals surface area (Å²) in [5.74, 6) is 0.0579. The Morgan fingerprint density at radius 3 is 2.62 bits per heavy atom. The van der Waals surface area contributed by atoms with Crippen molar-refractivity contribution >= 4 is 11.8 Å². The molecule has 2 heterocycles. The Balaban J connectivity index is 1.33. The number of hydrogen-bond acceptors (Lipinski definition) is 3. The quantitative estimate of drug-likeness (QED) is 0.918. The zero-order valence-electron chi connectivity index (χ0n) is 15.0. The van der Waals surface area contributed by atoms with Crippen molar-refractivity contribution in [3.63, 3.8) is 0 Å². The molecule has 1 N–H and O–H groups in total. The SMILES string of the molecule is CCn1nccc1C(=O)N1CCC2(CC1)C[C@@H]2NC(=O)c1ccccc1. The second-order valence-electron chi connectivity index (χ2n) is 7.28. The van der Waals surface area contributed by atoms with Crippen LogP contribution in [-0.4, -0.2) is 45.6 Å². The van der Waals surface area contributed by atoms with E-state index in [4.69, 9.17) is 0 Å². The van der Waals surface area contributed by atoms with E-state index in [1.807, 2.05) is 42.2 Å². The summed E-state index contributed by atoms with van der Waals surface area (Å²) in [6.07, 6.45) is 4.58. The van der Waals surface area contributed by atoms with Crippen LogP contribution in [0.25, 0.3) is 0 Å². The van der Waals surface area contributed by atoms with Crippen molar-refractivity contribution in [2.75, 3.05) is 13.1 Å². The molecule has 1 atom stereocenters. The molecular weight excluding hydrogens is 328 g/mol. The fourth-order valence-corrected chi connectivity index (χ4v) is 4.02. The summed E-state index contributed by atoms with van der Waals surface area (Å²) in [4.78, 5) is 27.0. The molecule has 0 bridgehead atoms. The molecule has 2 fully saturated rings. The molecule has 2 aromatic rings. The minimum atomic E-state index is -0.00201. The lowest BCUT2D eigenvalue weighted by molar-refractivity contribution is 0.0655. The van der Waals surface area contributed by atoms with Crippen LogP contribution in [0.3, 0.4) is 0 Å². The van der Waals surface area contributed by atoms with Crippen LogP contribution in [0, 0.1) is 5.41 Å². The third kappa shape index (κ3) is 3.00. The summed E-state index contributed by atoms with van der Waals surface area (Å²) in [6.45, 7) is 4.16. The van der Waals surface area contributed by atoms with Crippen molar-refractivity contribution in [1.82, 2.24) is 20.0 Å². The summed E-state index contributed by atoms with van der Waals surface area (Å²) in [6, 6.07) is 11.4. The average molecular weight is 352 g/mol. The Morgan fingerprint density at radius 2 is 1.92 bits per heavy atom.